The molecule has 1 N–H and O–H groups in total. The minimum atomic E-state index is -3.86. The molecule has 0 saturated carbocycles. The lowest BCUT2D eigenvalue weighted by Crippen LogP contribution is -2.33. The highest BCUT2D eigenvalue weighted by Gasteiger charge is 2.22. The van der Waals surface area contributed by atoms with Crippen molar-refractivity contribution in [2.45, 2.75) is 51.3 Å². The molecule has 0 unspecified atom stereocenters. The lowest BCUT2D eigenvalue weighted by molar-refractivity contribution is 0.331. The van der Waals surface area contributed by atoms with Crippen LogP contribution < -0.4 is 14.4 Å². The Morgan fingerprint density at radius 3 is 2.49 bits per heavy atom. The number of ether oxygens (including phenoxy) is 1. The number of anilines is 2. The van der Waals surface area contributed by atoms with Gasteiger partial charge in [0.2, 0.25) is 0 Å². The van der Waals surface area contributed by atoms with Gasteiger partial charge in [0, 0.05) is 24.3 Å². The van der Waals surface area contributed by atoms with E-state index in [1.807, 2.05) is 51.1 Å². The molecule has 2 aromatic carbocycles. The fourth-order valence-corrected chi connectivity index (χ4v) is 5.44. The van der Waals surface area contributed by atoms with Gasteiger partial charge in [-0.25, -0.2) is 8.42 Å². The van der Waals surface area contributed by atoms with E-state index in [2.05, 4.69) is 26.7 Å². The molecule has 0 atom stereocenters. The van der Waals surface area contributed by atoms with Crippen LogP contribution in [0.1, 0.15) is 52.0 Å². The minimum absolute atomic E-state index is 0.135. The van der Waals surface area contributed by atoms with Crippen molar-refractivity contribution in [2.75, 3.05) is 29.3 Å². The SMILES string of the molecule is CCOc1ccc(C(C)C)cc1S(=O)(=O)Nc1cccc(-c2ccc(N3CCC(C)CC3)nn2)c1. The second-order valence-electron chi connectivity index (χ2n) is 9.43. The van der Waals surface area contributed by atoms with Crippen LogP contribution >= 0.6 is 0 Å². The number of aromatic nitrogens is 2. The van der Waals surface area contributed by atoms with Gasteiger partial charge in [0.15, 0.2) is 5.82 Å². The van der Waals surface area contributed by atoms with E-state index in [4.69, 9.17) is 4.74 Å². The number of hydrogen-bond donors (Lipinski definition) is 1. The predicted molar refractivity (Wildman–Crippen MR) is 141 cm³/mol. The van der Waals surface area contributed by atoms with Gasteiger partial charge in [-0.05, 0) is 73.6 Å². The fourth-order valence-electron chi connectivity index (χ4n) is 4.21. The number of nitrogens with one attached hydrogen (secondary N) is 1. The number of hydrogen-bond acceptors (Lipinski definition) is 6. The third kappa shape index (κ3) is 5.93. The summed E-state index contributed by atoms with van der Waals surface area (Å²) in [4.78, 5) is 2.40. The van der Waals surface area contributed by atoms with Crippen molar-refractivity contribution in [3.8, 4) is 17.0 Å². The molecule has 0 spiro atoms. The van der Waals surface area contributed by atoms with Gasteiger partial charge in [-0.15, -0.1) is 10.2 Å². The zero-order chi connectivity index (χ0) is 25.0. The largest absolute Gasteiger partial charge is 0.492 e. The van der Waals surface area contributed by atoms with Crippen molar-refractivity contribution in [1.82, 2.24) is 10.2 Å². The van der Waals surface area contributed by atoms with Gasteiger partial charge in [-0.3, -0.25) is 4.72 Å². The molecule has 7 nitrogen and oxygen atoms in total. The highest BCUT2D eigenvalue weighted by atomic mass is 32.2. The van der Waals surface area contributed by atoms with E-state index in [0.717, 1.165) is 48.8 Å². The van der Waals surface area contributed by atoms with Gasteiger partial charge in [0.25, 0.3) is 10.0 Å². The summed E-state index contributed by atoms with van der Waals surface area (Å²) in [7, 11) is -3.86. The number of piperidine rings is 1. The van der Waals surface area contributed by atoms with Crippen LogP contribution in [-0.2, 0) is 10.0 Å². The summed E-state index contributed by atoms with van der Waals surface area (Å²) >= 11 is 0. The molecule has 1 aromatic heterocycles. The van der Waals surface area contributed by atoms with Crippen LogP contribution in [0.2, 0.25) is 0 Å². The number of benzene rings is 2. The van der Waals surface area contributed by atoms with E-state index >= 15 is 0 Å². The second kappa shape index (κ2) is 10.6. The Kier molecular flexibility index (Phi) is 7.60. The molecule has 1 saturated heterocycles. The first kappa shape index (κ1) is 25.0. The summed E-state index contributed by atoms with van der Waals surface area (Å²) in [6.45, 7) is 10.5. The summed E-state index contributed by atoms with van der Waals surface area (Å²) < 4.78 is 35.0. The summed E-state index contributed by atoms with van der Waals surface area (Å²) in [5.41, 5.74) is 2.87. The molecule has 1 aliphatic rings. The lowest BCUT2D eigenvalue weighted by Gasteiger charge is -2.30. The Labute approximate surface area is 208 Å². The van der Waals surface area contributed by atoms with Gasteiger partial charge < -0.3 is 9.64 Å². The number of rotatable bonds is 8. The first-order valence-electron chi connectivity index (χ1n) is 12.3. The van der Waals surface area contributed by atoms with Crippen LogP contribution in [-0.4, -0.2) is 38.3 Å². The lowest BCUT2D eigenvalue weighted by atomic mass is 9.99. The molecule has 1 aliphatic heterocycles. The van der Waals surface area contributed by atoms with Crippen molar-refractivity contribution in [3.63, 3.8) is 0 Å². The van der Waals surface area contributed by atoms with Crippen molar-refractivity contribution in [2.24, 2.45) is 5.92 Å². The normalized spacial score (nSPS) is 14.8. The average molecular weight is 495 g/mol. The molecule has 8 heteroatoms. The first-order chi connectivity index (χ1) is 16.8. The minimum Gasteiger partial charge on any atom is -0.492 e. The highest BCUT2D eigenvalue weighted by molar-refractivity contribution is 7.92. The van der Waals surface area contributed by atoms with Gasteiger partial charge in [0.1, 0.15) is 10.6 Å². The van der Waals surface area contributed by atoms with Crippen LogP contribution in [0.4, 0.5) is 11.5 Å². The molecule has 186 valence electrons. The Hall–Kier alpha value is -3.13. The third-order valence-electron chi connectivity index (χ3n) is 6.39. The Bertz CT molecular complexity index is 1250. The van der Waals surface area contributed by atoms with Gasteiger partial charge in [-0.2, -0.15) is 0 Å². The molecular formula is C27H34N4O3S. The number of sulfonamides is 1. The summed E-state index contributed by atoms with van der Waals surface area (Å²) in [5.74, 6) is 2.17. The Morgan fingerprint density at radius 1 is 1.06 bits per heavy atom. The molecule has 0 aliphatic carbocycles. The van der Waals surface area contributed by atoms with Crippen molar-refractivity contribution in [3.05, 3.63) is 60.2 Å². The van der Waals surface area contributed by atoms with Gasteiger partial charge >= 0.3 is 0 Å². The fraction of sp³-hybridized carbons (Fsp3) is 0.407. The van der Waals surface area contributed by atoms with E-state index in [0.29, 0.717) is 23.7 Å². The second-order valence-corrected chi connectivity index (χ2v) is 11.1. The van der Waals surface area contributed by atoms with Crippen molar-refractivity contribution >= 4 is 21.5 Å². The Morgan fingerprint density at radius 2 is 1.83 bits per heavy atom. The van der Waals surface area contributed by atoms with Crippen molar-refractivity contribution in [1.29, 1.82) is 0 Å². The molecule has 1 fully saturated rings. The molecule has 0 bridgehead atoms. The quantitative estimate of drug-likeness (QED) is 0.432. The Balaban J connectivity index is 1.56. The smallest absolute Gasteiger partial charge is 0.265 e. The van der Waals surface area contributed by atoms with Crippen LogP contribution in [0.15, 0.2) is 59.5 Å². The molecule has 3 aromatic rings. The van der Waals surface area contributed by atoms with Gasteiger partial charge in [0.05, 0.1) is 12.3 Å². The molecule has 0 radical (unpaired) electrons. The summed E-state index contributed by atoms with van der Waals surface area (Å²) in [6.07, 6.45) is 2.33. The van der Waals surface area contributed by atoms with Crippen LogP contribution in [0.25, 0.3) is 11.3 Å². The van der Waals surface area contributed by atoms with Crippen LogP contribution in [0.3, 0.4) is 0 Å². The molecule has 35 heavy (non-hydrogen) atoms. The molecule has 2 heterocycles. The van der Waals surface area contributed by atoms with Gasteiger partial charge in [-0.1, -0.05) is 39.0 Å². The van der Waals surface area contributed by atoms with E-state index in [-0.39, 0.29) is 10.8 Å². The topological polar surface area (TPSA) is 84.4 Å². The predicted octanol–water partition coefficient (Wildman–Crippen LogP) is 5.70. The van der Waals surface area contributed by atoms with E-state index in [1.165, 1.54) is 0 Å². The maximum atomic E-state index is 13.3. The maximum Gasteiger partial charge on any atom is 0.265 e. The average Bonchev–Trinajstić information content (AvgIpc) is 2.85. The monoisotopic (exact) mass is 494 g/mol. The standard InChI is InChI=1S/C27H34N4O3S/c1-5-34-25-11-9-21(19(2)3)18-26(25)35(32,33)30-23-8-6-7-22(17-23)24-10-12-27(29-28-24)31-15-13-20(4)14-16-31/h6-12,17-20,30H,5,13-16H2,1-4H3. The van der Waals surface area contributed by atoms with E-state index < -0.39 is 10.0 Å². The summed E-state index contributed by atoms with van der Waals surface area (Å²) in [5, 5.41) is 8.85. The first-order valence-corrected chi connectivity index (χ1v) is 13.7. The summed E-state index contributed by atoms with van der Waals surface area (Å²) in [6, 6.07) is 16.5. The molecular weight excluding hydrogens is 460 g/mol. The third-order valence-corrected chi connectivity index (χ3v) is 7.79. The molecule has 4 rings (SSSR count). The van der Waals surface area contributed by atoms with E-state index in [9.17, 15) is 8.42 Å². The van der Waals surface area contributed by atoms with Crippen molar-refractivity contribution < 1.29 is 13.2 Å². The maximum absolute atomic E-state index is 13.3. The molecule has 0 amide bonds. The van der Waals surface area contributed by atoms with E-state index in [1.54, 1.807) is 24.3 Å². The zero-order valence-corrected chi connectivity index (χ0v) is 21.7. The van der Waals surface area contributed by atoms with Crippen LogP contribution in [0, 0.1) is 5.92 Å². The van der Waals surface area contributed by atoms with Crippen LogP contribution in [0.5, 0.6) is 5.75 Å². The zero-order valence-electron chi connectivity index (χ0n) is 20.9. The highest BCUT2D eigenvalue weighted by Crippen LogP contribution is 2.31. The number of nitrogens with zero attached hydrogens (tertiary/aromatic N) is 3.